The molecule has 9 heteroatoms. The number of aromatic nitrogens is 1. The largest absolute Gasteiger partial charge is 0.391 e. The SMILES string of the molecule is Cc1[nH]c(=S)sc1CC(=O)N1C[C@H](O)C[C@H]1C(=O)NCc1ccc(Cl)cc1. The van der Waals surface area contributed by atoms with Gasteiger partial charge in [-0.2, -0.15) is 0 Å². The predicted molar refractivity (Wildman–Crippen MR) is 107 cm³/mol. The van der Waals surface area contributed by atoms with E-state index in [4.69, 9.17) is 23.8 Å². The number of aliphatic hydroxyl groups excluding tert-OH is 1. The summed E-state index contributed by atoms with van der Waals surface area (Å²) in [5, 5.41) is 13.5. The molecule has 0 bridgehead atoms. The molecule has 1 aliphatic heterocycles. The molecule has 1 aliphatic rings. The van der Waals surface area contributed by atoms with Crippen molar-refractivity contribution >= 4 is 47.0 Å². The Bertz CT molecular complexity index is 894. The molecule has 1 fully saturated rings. The summed E-state index contributed by atoms with van der Waals surface area (Å²) in [6, 6.07) is 6.50. The van der Waals surface area contributed by atoms with Gasteiger partial charge in [-0.3, -0.25) is 9.59 Å². The Balaban J connectivity index is 1.64. The molecule has 0 aliphatic carbocycles. The van der Waals surface area contributed by atoms with Crippen LogP contribution in [0.2, 0.25) is 5.02 Å². The molecular weight excluding hydrogens is 406 g/mol. The number of aryl methyl sites for hydroxylation is 1. The van der Waals surface area contributed by atoms with Crippen molar-refractivity contribution in [2.75, 3.05) is 6.54 Å². The molecule has 144 valence electrons. The van der Waals surface area contributed by atoms with E-state index >= 15 is 0 Å². The maximum Gasteiger partial charge on any atom is 0.243 e. The average Bonchev–Trinajstić information content (AvgIpc) is 3.16. The number of benzene rings is 1. The van der Waals surface area contributed by atoms with Gasteiger partial charge in [0, 0.05) is 35.1 Å². The molecule has 6 nitrogen and oxygen atoms in total. The number of hydrogen-bond acceptors (Lipinski definition) is 5. The number of carbonyl (C=O) groups is 2. The summed E-state index contributed by atoms with van der Waals surface area (Å²) in [6.07, 6.45) is -0.303. The van der Waals surface area contributed by atoms with E-state index in [1.165, 1.54) is 16.2 Å². The predicted octanol–water partition coefficient (Wildman–Crippen LogP) is 2.59. The smallest absolute Gasteiger partial charge is 0.243 e. The molecule has 0 radical (unpaired) electrons. The number of aromatic amines is 1. The van der Waals surface area contributed by atoms with Crippen LogP contribution in [-0.4, -0.2) is 45.5 Å². The molecule has 1 aromatic carbocycles. The molecule has 2 heterocycles. The van der Waals surface area contributed by atoms with E-state index in [2.05, 4.69) is 10.3 Å². The molecule has 3 rings (SSSR count). The van der Waals surface area contributed by atoms with Crippen LogP contribution in [0.15, 0.2) is 24.3 Å². The minimum absolute atomic E-state index is 0.159. The van der Waals surface area contributed by atoms with Gasteiger partial charge in [0.15, 0.2) is 3.95 Å². The molecule has 1 saturated heterocycles. The van der Waals surface area contributed by atoms with Crippen LogP contribution in [0.4, 0.5) is 0 Å². The van der Waals surface area contributed by atoms with Crippen molar-refractivity contribution in [1.82, 2.24) is 15.2 Å². The third-order valence-corrected chi connectivity index (χ3v) is 6.11. The van der Waals surface area contributed by atoms with Crippen molar-refractivity contribution in [3.8, 4) is 0 Å². The van der Waals surface area contributed by atoms with Gasteiger partial charge in [-0.05, 0) is 36.8 Å². The zero-order valence-corrected chi connectivity index (χ0v) is 17.1. The zero-order chi connectivity index (χ0) is 19.6. The van der Waals surface area contributed by atoms with Crippen molar-refractivity contribution in [2.24, 2.45) is 0 Å². The fraction of sp³-hybridized carbons (Fsp3) is 0.389. The van der Waals surface area contributed by atoms with Crippen LogP contribution in [0, 0.1) is 10.9 Å². The Morgan fingerprint density at radius 1 is 1.41 bits per heavy atom. The van der Waals surface area contributed by atoms with Crippen molar-refractivity contribution < 1.29 is 14.7 Å². The highest BCUT2D eigenvalue weighted by atomic mass is 35.5. The van der Waals surface area contributed by atoms with Crippen molar-refractivity contribution in [3.63, 3.8) is 0 Å². The summed E-state index contributed by atoms with van der Waals surface area (Å²) in [5.41, 5.74) is 1.77. The van der Waals surface area contributed by atoms with E-state index in [0.29, 0.717) is 15.5 Å². The van der Waals surface area contributed by atoms with Gasteiger partial charge in [-0.15, -0.1) is 11.3 Å². The first-order valence-electron chi connectivity index (χ1n) is 8.51. The lowest BCUT2D eigenvalue weighted by Crippen LogP contribution is -2.46. The van der Waals surface area contributed by atoms with Gasteiger partial charge in [0.2, 0.25) is 11.8 Å². The summed E-state index contributed by atoms with van der Waals surface area (Å²) in [4.78, 5) is 30.7. The molecule has 3 N–H and O–H groups in total. The van der Waals surface area contributed by atoms with Crippen LogP contribution in [-0.2, 0) is 22.6 Å². The topological polar surface area (TPSA) is 85.4 Å². The zero-order valence-electron chi connectivity index (χ0n) is 14.7. The molecule has 2 aromatic rings. The number of H-pyrrole nitrogens is 1. The first-order chi connectivity index (χ1) is 12.8. The minimum Gasteiger partial charge on any atom is -0.391 e. The molecule has 0 unspecified atom stereocenters. The van der Waals surface area contributed by atoms with Crippen LogP contribution >= 0.6 is 35.2 Å². The number of aliphatic hydroxyl groups is 1. The van der Waals surface area contributed by atoms with E-state index in [1.54, 1.807) is 12.1 Å². The van der Waals surface area contributed by atoms with E-state index in [9.17, 15) is 14.7 Å². The Morgan fingerprint density at radius 3 is 2.74 bits per heavy atom. The lowest BCUT2D eigenvalue weighted by molar-refractivity contribution is -0.138. The van der Waals surface area contributed by atoms with Crippen LogP contribution in [0.3, 0.4) is 0 Å². The number of likely N-dealkylation sites (tertiary alicyclic amines) is 1. The van der Waals surface area contributed by atoms with E-state index < -0.39 is 12.1 Å². The fourth-order valence-electron chi connectivity index (χ4n) is 3.09. The second-order valence-electron chi connectivity index (χ2n) is 6.54. The number of nitrogens with one attached hydrogen (secondary N) is 2. The first kappa shape index (κ1) is 20.0. The number of β-amino-alcohol motifs (C(OH)–C–C–N with tert-alkyl or cyclic N) is 1. The first-order valence-corrected chi connectivity index (χ1v) is 10.1. The van der Waals surface area contributed by atoms with Crippen LogP contribution in [0.5, 0.6) is 0 Å². The second-order valence-corrected chi connectivity index (χ2v) is 8.74. The Kier molecular flexibility index (Phi) is 6.31. The third kappa shape index (κ3) is 4.95. The summed E-state index contributed by atoms with van der Waals surface area (Å²) < 4.78 is 0.619. The number of hydrogen-bond donors (Lipinski definition) is 3. The molecule has 0 spiro atoms. The van der Waals surface area contributed by atoms with Gasteiger partial charge in [0.1, 0.15) is 6.04 Å². The highest BCUT2D eigenvalue weighted by molar-refractivity contribution is 7.73. The summed E-state index contributed by atoms with van der Waals surface area (Å²) >= 11 is 12.3. The van der Waals surface area contributed by atoms with Crippen molar-refractivity contribution in [2.45, 2.75) is 38.5 Å². The molecular formula is C18H20ClN3O3S2. The van der Waals surface area contributed by atoms with Crippen LogP contribution in [0.1, 0.15) is 22.6 Å². The van der Waals surface area contributed by atoms with E-state index in [1.807, 2.05) is 19.1 Å². The minimum atomic E-state index is -0.703. The molecule has 1 aromatic heterocycles. The quantitative estimate of drug-likeness (QED) is 0.643. The third-order valence-electron chi connectivity index (χ3n) is 4.52. The normalized spacial score (nSPS) is 19.3. The monoisotopic (exact) mass is 425 g/mol. The van der Waals surface area contributed by atoms with Crippen molar-refractivity contribution in [3.05, 3.63) is 49.4 Å². The lowest BCUT2D eigenvalue weighted by Gasteiger charge is -2.23. The van der Waals surface area contributed by atoms with E-state index in [0.717, 1.165) is 16.1 Å². The van der Waals surface area contributed by atoms with Crippen molar-refractivity contribution in [1.29, 1.82) is 0 Å². The lowest BCUT2D eigenvalue weighted by atomic mass is 10.1. The Morgan fingerprint density at radius 2 is 2.11 bits per heavy atom. The Labute approximate surface area is 171 Å². The maximum absolute atomic E-state index is 12.7. The maximum atomic E-state index is 12.7. The number of carbonyl (C=O) groups excluding carboxylic acids is 2. The summed E-state index contributed by atoms with van der Waals surface area (Å²) in [7, 11) is 0. The van der Waals surface area contributed by atoms with Crippen LogP contribution in [0.25, 0.3) is 0 Å². The molecule has 0 saturated carbocycles. The molecule has 2 atom stereocenters. The standard InChI is InChI=1S/C18H20ClN3O3S2/c1-10-15(27-18(26)21-10)7-16(24)22-9-13(23)6-14(22)17(25)20-8-11-2-4-12(19)5-3-11/h2-5,13-14,23H,6-9H2,1H3,(H,20,25)(H,21,26)/t13-,14+/m1/s1. The number of thiazole rings is 1. The summed E-state index contributed by atoms with van der Waals surface area (Å²) in [5.74, 6) is -0.459. The molecule has 2 amide bonds. The van der Waals surface area contributed by atoms with Gasteiger partial charge in [0.25, 0.3) is 0 Å². The number of halogens is 1. The van der Waals surface area contributed by atoms with Gasteiger partial charge >= 0.3 is 0 Å². The van der Waals surface area contributed by atoms with Gasteiger partial charge in [-0.25, -0.2) is 0 Å². The van der Waals surface area contributed by atoms with Gasteiger partial charge in [-0.1, -0.05) is 23.7 Å². The Hall–Kier alpha value is -1.74. The number of rotatable bonds is 5. The van der Waals surface area contributed by atoms with Gasteiger partial charge in [0.05, 0.1) is 12.5 Å². The highest BCUT2D eigenvalue weighted by Gasteiger charge is 2.38. The van der Waals surface area contributed by atoms with Crippen LogP contribution < -0.4 is 5.32 Å². The fourth-order valence-corrected chi connectivity index (χ4v) is 4.50. The highest BCUT2D eigenvalue weighted by Crippen LogP contribution is 2.22. The summed E-state index contributed by atoms with van der Waals surface area (Å²) in [6.45, 7) is 2.36. The van der Waals surface area contributed by atoms with E-state index in [-0.39, 0.29) is 31.2 Å². The number of nitrogens with zero attached hydrogens (tertiary/aromatic N) is 1. The number of amides is 2. The van der Waals surface area contributed by atoms with Gasteiger partial charge < -0.3 is 20.3 Å². The average molecular weight is 426 g/mol. The molecule has 27 heavy (non-hydrogen) atoms. The second kappa shape index (κ2) is 8.52.